The zero-order chi connectivity index (χ0) is 8.69. The van der Waals surface area contributed by atoms with Crippen LogP contribution in [0.5, 0.6) is 0 Å². The van der Waals surface area contributed by atoms with E-state index in [-0.39, 0.29) is 6.61 Å². The molecule has 0 saturated heterocycles. The smallest absolute Gasteiger partial charge is 0.110 e. The van der Waals surface area contributed by atoms with E-state index in [1.807, 2.05) is 0 Å². The molecule has 0 bridgehead atoms. The van der Waals surface area contributed by atoms with E-state index in [2.05, 4.69) is 13.2 Å². The Kier molecular flexibility index (Phi) is 5.74. The van der Waals surface area contributed by atoms with Gasteiger partial charge in [-0.1, -0.05) is 12.2 Å². The Bertz CT molecular complexity index is 123. The average molecular weight is 158 g/mol. The zero-order valence-electron chi connectivity index (χ0n) is 6.44. The molecule has 0 aliphatic heterocycles. The summed E-state index contributed by atoms with van der Waals surface area (Å²) >= 11 is 0. The van der Waals surface area contributed by atoms with Crippen molar-refractivity contribution in [2.75, 3.05) is 13.2 Å². The second kappa shape index (κ2) is 6.09. The number of rotatable bonds is 6. The first kappa shape index (κ1) is 10.4. The van der Waals surface area contributed by atoms with Gasteiger partial charge < -0.3 is 14.9 Å². The molecule has 0 saturated carbocycles. The van der Waals surface area contributed by atoms with Gasteiger partial charge in [-0.15, -0.1) is 13.2 Å². The first-order valence-electron chi connectivity index (χ1n) is 3.40. The lowest BCUT2D eigenvalue weighted by Gasteiger charge is -2.17. The fraction of sp³-hybridized carbons (Fsp3) is 0.500. The summed E-state index contributed by atoms with van der Waals surface area (Å²) in [5.74, 6) is 0. The lowest BCUT2D eigenvalue weighted by molar-refractivity contribution is -0.0351. The summed E-state index contributed by atoms with van der Waals surface area (Å²) in [7, 11) is 0. The summed E-state index contributed by atoms with van der Waals surface area (Å²) in [4.78, 5) is 0. The van der Waals surface area contributed by atoms with E-state index >= 15 is 0 Å². The second-order valence-corrected chi connectivity index (χ2v) is 2.07. The minimum atomic E-state index is -0.819. The maximum absolute atomic E-state index is 9.11. The average Bonchev–Trinajstić information content (AvgIpc) is 2.05. The van der Waals surface area contributed by atoms with Gasteiger partial charge >= 0.3 is 0 Å². The van der Waals surface area contributed by atoms with E-state index < -0.39 is 12.2 Å². The van der Waals surface area contributed by atoms with Crippen molar-refractivity contribution in [1.29, 1.82) is 0 Å². The van der Waals surface area contributed by atoms with Gasteiger partial charge in [0.25, 0.3) is 0 Å². The molecule has 3 heteroatoms. The van der Waals surface area contributed by atoms with Crippen molar-refractivity contribution in [2.45, 2.75) is 12.2 Å². The van der Waals surface area contributed by atoms with E-state index in [1.165, 1.54) is 6.08 Å². The highest BCUT2D eigenvalue weighted by molar-refractivity contribution is 4.85. The van der Waals surface area contributed by atoms with Gasteiger partial charge in [0.05, 0.1) is 13.2 Å². The Hall–Kier alpha value is -0.640. The summed E-state index contributed by atoms with van der Waals surface area (Å²) in [5.41, 5.74) is 0. The molecule has 0 unspecified atom stereocenters. The van der Waals surface area contributed by atoms with Gasteiger partial charge in [0.1, 0.15) is 12.2 Å². The number of aliphatic hydroxyl groups is 2. The van der Waals surface area contributed by atoms with Crippen LogP contribution in [-0.4, -0.2) is 35.6 Å². The van der Waals surface area contributed by atoms with Crippen molar-refractivity contribution in [2.24, 2.45) is 0 Å². The van der Waals surface area contributed by atoms with Crippen LogP contribution < -0.4 is 0 Å². The molecule has 0 heterocycles. The molecule has 0 aromatic heterocycles. The maximum atomic E-state index is 9.11. The van der Waals surface area contributed by atoms with Crippen LogP contribution in [0.1, 0.15) is 0 Å². The highest BCUT2D eigenvalue weighted by Gasteiger charge is 2.14. The van der Waals surface area contributed by atoms with Gasteiger partial charge in [-0.3, -0.25) is 0 Å². The normalized spacial score (nSPS) is 15.5. The third kappa shape index (κ3) is 3.93. The zero-order valence-corrected chi connectivity index (χ0v) is 6.44. The molecule has 0 spiro atoms. The van der Waals surface area contributed by atoms with Crippen LogP contribution in [0.3, 0.4) is 0 Å². The van der Waals surface area contributed by atoms with Crippen molar-refractivity contribution < 1.29 is 14.9 Å². The molecule has 0 aliphatic rings. The summed E-state index contributed by atoms with van der Waals surface area (Å²) in [6, 6.07) is 0. The highest BCUT2D eigenvalue weighted by Crippen LogP contribution is 1.99. The highest BCUT2D eigenvalue weighted by atomic mass is 16.5. The monoisotopic (exact) mass is 158 g/mol. The van der Waals surface area contributed by atoms with Crippen LogP contribution in [0, 0.1) is 0 Å². The topological polar surface area (TPSA) is 49.7 Å². The Balaban J connectivity index is 3.73. The summed E-state index contributed by atoms with van der Waals surface area (Å²) in [6.07, 6.45) is 1.47. The number of ether oxygens (including phenoxy) is 1. The Morgan fingerprint density at radius 1 is 1.45 bits per heavy atom. The van der Waals surface area contributed by atoms with Crippen LogP contribution in [0.25, 0.3) is 0 Å². The van der Waals surface area contributed by atoms with Crippen molar-refractivity contribution >= 4 is 0 Å². The van der Waals surface area contributed by atoms with Crippen LogP contribution >= 0.6 is 0 Å². The van der Waals surface area contributed by atoms with Gasteiger partial charge in [-0.2, -0.15) is 0 Å². The Morgan fingerprint density at radius 3 is 2.45 bits per heavy atom. The van der Waals surface area contributed by atoms with Gasteiger partial charge in [-0.05, 0) is 0 Å². The third-order valence-electron chi connectivity index (χ3n) is 1.23. The van der Waals surface area contributed by atoms with Crippen LogP contribution in [-0.2, 0) is 4.74 Å². The van der Waals surface area contributed by atoms with E-state index in [4.69, 9.17) is 14.9 Å². The first-order chi connectivity index (χ1) is 5.26. The molecule has 0 rings (SSSR count). The number of hydrogen-bond acceptors (Lipinski definition) is 3. The van der Waals surface area contributed by atoms with Gasteiger partial charge in [0.15, 0.2) is 0 Å². The van der Waals surface area contributed by atoms with E-state index in [9.17, 15) is 0 Å². The second-order valence-electron chi connectivity index (χ2n) is 2.07. The van der Waals surface area contributed by atoms with E-state index in [1.54, 1.807) is 6.08 Å². The van der Waals surface area contributed by atoms with Gasteiger partial charge in [0, 0.05) is 0 Å². The van der Waals surface area contributed by atoms with E-state index in [0.29, 0.717) is 6.61 Å². The summed E-state index contributed by atoms with van der Waals surface area (Å²) < 4.78 is 5.00. The Morgan fingerprint density at radius 2 is 2.09 bits per heavy atom. The maximum Gasteiger partial charge on any atom is 0.110 e. The molecule has 0 fully saturated rings. The molecule has 11 heavy (non-hydrogen) atoms. The number of hydrogen-bond donors (Lipinski definition) is 2. The van der Waals surface area contributed by atoms with Crippen molar-refractivity contribution in [3.05, 3.63) is 25.3 Å². The van der Waals surface area contributed by atoms with Crippen LogP contribution in [0.2, 0.25) is 0 Å². The van der Waals surface area contributed by atoms with Crippen molar-refractivity contribution in [3.63, 3.8) is 0 Å². The SMILES string of the molecule is C=CCO[C@@H](CO)[C@@H](O)C=C. The predicted octanol–water partition coefficient (Wildman–Crippen LogP) is 0.0968. The minimum absolute atomic E-state index is 0.221. The molecular weight excluding hydrogens is 144 g/mol. The van der Waals surface area contributed by atoms with Crippen LogP contribution in [0.4, 0.5) is 0 Å². The van der Waals surface area contributed by atoms with Crippen molar-refractivity contribution in [3.8, 4) is 0 Å². The minimum Gasteiger partial charge on any atom is -0.394 e. The number of aliphatic hydroxyl groups excluding tert-OH is 2. The van der Waals surface area contributed by atoms with E-state index in [0.717, 1.165) is 0 Å². The van der Waals surface area contributed by atoms with Gasteiger partial charge in [-0.25, -0.2) is 0 Å². The standard InChI is InChI=1S/C8H14O3/c1-3-5-11-8(6-9)7(10)4-2/h3-4,7-10H,1-2,5-6H2/t7-,8-/m0/s1. The van der Waals surface area contributed by atoms with Gasteiger partial charge in [0.2, 0.25) is 0 Å². The quantitative estimate of drug-likeness (QED) is 0.539. The molecule has 0 aromatic rings. The molecule has 2 atom stereocenters. The fourth-order valence-corrected chi connectivity index (χ4v) is 0.603. The largest absolute Gasteiger partial charge is 0.394 e. The molecule has 64 valence electrons. The van der Waals surface area contributed by atoms with Crippen molar-refractivity contribution in [1.82, 2.24) is 0 Å². The molecule has 0 aromatic carbocycles. The molecule has 3 nitrogen and oxygen atoms in total. The molecule has 0 radical (unpaired) electrons. The lowest BCUT2D eigenvalue weighted by Crippen LogP contribution is -2.30. The molecule has 0 amide bonds. The summed E-state index contributed by atoms with van der Waals surface area (Å²) in [6.45, 7) is 6.90. The lowest BCUT2D eigenvalue weighted by atomic mass is 10.2. The molecular formula is C8H14O3. The predicted molar refractivity (Wildman–Crippen MR) is 43.2 cm³/mol. The first-order valence-corrected chi connectivity index (χ1v) is 3.40. The summed E-state index contributed by atoms with van der Waals surface area (Å²) in [5, 5.41) is 17.8. The molecule has 0 aliphatic carbocycles. The third-order valence-corrected chi connectivity index (χ3v) is 1.23. The molecule has 2 N–H and O–H groups in total. The fourth-order valence-electron chi connectivity index (χ4n) is 0.603. The van der Waals surface area contributed by atoms with Crippen LogP contribution in [0.15, 0.2) is 25.3 Å². The Labute approximate surface area is 66.6 Å².